The van der Waals surface area contributed by atoms with Gasteiger partial charge in [0.2, 0.25) is 5.91 Å². The lowest BCUT2D eigenvalue weighted by Crippen LogP contribution is -2.32. The number of hydrogen-bond acceptors (Lipinski definition) is 3. The first-order chi connectivity index (χ1) is 11.7. The highest BCUT2D eigenvalue weighted by molar-refractivity contribution is 7.91. The second kappa shape index (κ2) is 8.21. The molecule has 0 N–H and O–H groups in total. The average molecular weight is 400 g/mol. The SMILES string of the molecule is Cc1ccc(CN(C)C(=O)CS(=O)(=O)Cc2c(Cl)cccc2Cl)cc1. The second-order valence-corrected chi connectivity index (χ2v) is 8.85. The lowest BCUT2D eigenvalue weighted by Gasteiger charge is -2.18. The fourth-order valence-corrected chi connectivity index (χ4v) is 4.43. The predicted molar refractivity (Wildman–Crippen MR) is 102 cm³/mol. The molecule has 2 aromatic carbocycles. The van der Waals surface area contributed by atoms with Gasteiger partial charge in [0.25, 0.3) is 0 Å². The summed E-state index contributed by atoms with van der Waals surface area (Å²) in [4.78, 5) is 13.7. The normalized spacial score (nSPS) is 11.4. The number of amides is 1. The van der Waals surface area contributed by atoms with Crippen LogP contribution in [0.2, 0.25) is 10.0 Å². The van der Waals surface area contributed by atoms with E-state index in [2.05, 4.69) is 0 Å². The summed E-state index contributed by atoms with van der Waals surface area (Å²) >= 11 is 12.0. The topological polar surface area (TPSA) is 54.5 Å². The summed E-state index contributed by atoms with van der Waals surface area (Å²) in [6, 6.07) is 12.5. The number of sulfone groups is 1. The Balaban J connectivity index is 2.04. The molecule has 2 rings (SSSR count). The van der Waals surface area contributed by atoms with E-state index in [1.807, 2.05) is 31.2 Å². The van der Waals surface area contributed by atoms with E-state index in [1.165, 1.54) is 4.90 Å². The van der Waals surface area contributed by atoms with E-state index in [9.17, 15) is 13.2 Å². The molecule has 0 fully saturated rings. The Labute approximate surface area is 158 Å². The molecule has 2 aromatic rings. The summed E-state index contributed by atoms with van der Waals surface area (Å²) in [7, 11) is -2.10. The number of hydrogen-bond donors (Lipinski definition) is 0. The standard InChI is InChI=1S/C18H19Cl2NO3S/c1-13-6-8-14(9-7-13)10-21(2)18(22)12-25(23,24)11-15-16(19)4-3-5-17(15)20/h3-9H,10-12H2,1-2H3. The van der Waals surface area contributed by atoms with Crippen molar-refractivity contribution >= 4 is 38.9 Å². The number of benzene rings is 2. The smallest absolute Gasteiger partial charge is 0.237 e. The highest BCUT2D eigenvalue weighted by Crippen LogP contribution is 2.26. The largest absolute Gasteiger partial charge is 0.341 e. The van der Waals surface area contributed by atoms with Gasteiger partial charge in [0.1, 0.15) is 5.75 Å². The molecule has 0 unspecified atom stereocenters. The third-order valence-electron chi connectivity index (χ3n) is 3.74. The number of aryl methyl sites for hydroxylation is 1. The van der Waals surface area contributed by atoms with Crippen LogP contribution in [-0.4, -0.2) is 32.0 Å². The van der Waals surface area contributed by atoms with Crippen LogP contribution >= 0.6 is 23.2 Å². The van der Waals surface area contributed by atoms with Crippen LogP contribution in [0.4, 0.5) is 0 Å². The Morgan fingerprint density at radius 2 is 1.60 bits per heavy atom. The molecule has 4 nitrogen and oxygen atoms in total. The van der Waals surface area contributed by atoms with Crippen molar-refractivity contribution in [2.75, 3.05) is 12.8 Å². The molecule has 7 heteroatoms. The minimum Gasteiger partial charge on any atom is -0.341 e. The molecule has 0 spiro atoms. The molecule has 1 amide bonds. The van der Waals surface area contributed by atoms with E-state index in [0.29, 0.717) is 12.1 Å². The highest BCUT2D eigenvalue weighted by Gasteiger charge is 2.22. The predicted octanol–water partition coefficient (Wildman–Crippen LogP) is 3.88. The molecule has 134 valence electrons. The molecule has 25 heavy (non-hydrogen) atoms. The van der Waals surface area contributed by atoms with Crippen LogP contribution in [0, 0.1) is 6.92 Å². The van der Waals surface area contributed by atoms with Crippen LogP contribution in [0.3, 0.4) is 0 Å². The van der Waals surface area contributed by atoms with Crippen LogP contribution < -0.4 is 0 Å². The molecule has 0 bridgehead atoms. The second-order valence-electron chi connectivity index (χ2n) is 5.97. The quantitative estimate of drug-likeness (QED) is 0.740. The van der Waals surface area contributed by atoms with Crippen LogP contribution in [-0.2, 0) is 26.9 Å². The van der Waals surface area contributed by atoms with Gasteiger partial charge >= 0.3 is 0 Å². The maximum Gasteiger partial charge on any atom is 0.237 e. The number of rotatable bonds is 6. The van der Waals surface area contributed by atoms with Gasteiger partial charge in [-0.3, -0.25) is 4.79 Å². The molecular formula is C18H19Cl2NO3S. The van der Waals surface area contributed by atoms with Crippen molar-refractivity contribution in [2.45, 2.75) is 19.2 Å². The van der Waals surface area contributed by atoms with E-state index >= 15 is 0 Å². The van der Waals surface area contributed by atoms with Crippen LogP contribution in [0.5, 0.6) is 0 Å². The summed E-state index contributed by atoms with van der Waals surface area (Å²) in [6.07, 6.45) is 0. The zero-order valence-electron chi connectivity index (χ0n) is 14.0. The van der Waals surface area contributed by atoms with Gasteiger partial charge in [0, 0.05) is 29.2 Å². The van der Waals surface area contributed by atoms with Crippen molar-refractivity contribution in [1.82, 2.24) is 4.90 Å². The van der Waals surface area contributed by atoms with Gasteiger partial charge in [0.05, 0.1) is 5.75 Å². The third-order valence-corrected chi connectivity index (χ3v) is 5.86. The Bertz CT molecular complexity index is 844. The molecule has 0 aromatic heterocycles. The van der Waals surface area contributed by atoms with Gasteiger partial charge in [-0.05, 0) is 24.6 Å². The van der Waals surface area contributed by atoms with Crippen molar-refractivity contribution < 1.29 is 13.2 Å². The first kappa shape index (κ1) is 19.8. The highest BCUT2D eigenvalue weighted by atomic mass is 35.5. The molecule has 0 saturated carbocycles. The van der Waals surface area contributed by atoms with Crippen molar-refractivity contribution in [3.63, 3.8) is 0 Å². The minimum absolute atomic E-state index is 0.275. The fourth-order valence-electron chi connectivity index (χ4n) is 2.30. The summed E-state index contributed by atoms with van der Waals surface area (Å²) in [5, 5.41) is 0.549. The molecule has 0 aliphatic rings. The van der Waals surface area contributed by atoms with Crippen molar-refractivity contribution in [2.24, 2.45) is 0 Å². The van der Waals surface area contributed by atoms with E-state index in [4.69, 9.17) is 23.2 Å². The van der Waals surface area contributed by atoms with Gasteiger partial charge in [0.15, 0.2) is 9.84 Å². The van der Waals surface area contributed by atoms with E-state index < -0.39 is 21.5 Å². The number of nitrogens with zero attached hydrogens (tertiary/aromatic N) is 1. The number of halogens is 2. The van der Waals surface area contributed by atoms with Crippen molar-refractivity contribution in [3.05, 3.63) is 69.2 Å². The maximum absolute atomic E-state index is 12.4. The van der Waals surface area contributed by atoms with Gasteiger partial charge in [-0.25, -0.2) is 8.42 Å². The van der Waals surface area contributed by atoms with Gasteiger partial charge < -0.3 is 4.90 Å². The zero-order valence-corrected chi connectivity index (χ0v) is 16.3. The van der Waals surface area contributed by atoms with Crippen molar-refractivity contribution in [1.29, 1.82) is 0 Å². The van der Waals surface area contributed by atoms with Crippen molar-refractivity contribution in [3.8, 4) is 0 Å². The lowest BCUT2D eigenvalue weighted by molar-refractivity contribution is -0.127. The van der Waals surface area contributed by atoms with E-state index in [-0.39, 0.29) is 15.8 Å². The molecule has 0 aliphatic heterocycles. The van der Waals surface area contributed by atoms with Gasteiger partial charge in [-0.1, -0.05) is 59.1 Å². The Morgan fingerprint density at radius 3 is 2.16 bits per heavy atom. The minimum atomic E-state index is -3.68. The average Bonchev–Trinajstić information content (AvgIpc) is 2.53. The zero-order chi connectivity index (χ0) is 18.6. The maximum atomic E-state index is 12.4. The van der Waals surface area contributed by atoms with Crippen LogP contribution in [0.1, 0.15) is 16.7 Å². The lowest BCUT2D eigenvalue weighted by atomic mass is 10.1. The van der Waals surface area contributed by atoms with Gasteiger partial charge in [-0.15, -0.1) is 0 Å². The van der Waals surface area contributed by atoms with Crippen LogP contribution in [0.15, 0.2) is 42.5 Å². The molecular weight excluding hydrogens is 381 g/mol. The molecule has 0 aliphatic carbocycles. The number of carbonyl (C=O) groups excluding carboxylic acids is 1. The Kier molecular flexibility index (Phi) is 6.49. The third kappa shape index (κ3) is 5.73. The molecule has 0 atom stereocenters. The molecule has 0 saturated heterocycles. The summed E-state index contributed by atoms with van der Waals surface area (Å²) in [5.41, 5.74) is 2.38. The summed E-state index contributed by atoms with van der Waals surface area (Å²) < 4.78 is 24.7. The monoisotopic (exact) mass is 399 g/mol. The molecule has 0 radical (unpaired) electrons. The first-order valence-electron chi connectivity index (χ1n) is 7.61. The molecule has 0 heterocycles. The Morgan fingerprint density at radius 1 is 1.04 bits per heavy atom. The first-order valence-corrected chi connectivity index (χ1v) is 10.2. The van der Waals surface area contributed by atoms with E-state index in [0.717, 1.165) is 11.1 Å². The van der Waals surface area contributed by atoms with Gasteiger partial charge in [-0.2, -0.15) is 0 Å². The van der Waals surface area contributed by atoms with Crippen LogP contribution in [0.25, 0.3) is 0 Å². The number of carbonyl (C=O) groups is 1. The fraction of sp³-hybridized carbons (Fsp3) is 0.278. The summed E-state index contributed by atoms with van der Waals surface area (Å²) in [6.45, 7) is 2.33. The Hall–Kier alpha value is -1.56. The summed E-state index contributed by atoms with van der Waals surface area (Å²) in [5.74, 6) is -1.42. The van der Waals surface area contributed by atoms with E-state index in [1.54, 1.807) is 25.2 Å².